The molecule has 1 aromatic carbocycles. The van der Waals surface area contributed by atoms with Gasteiger partial charge in [0, 0.05) is 17.7 Å². The molecule has 0 atom stereocenters. The third-order valence-electron chi connectivity index (χ3n) is 2.53. The van der Waals surface area contributed by atoms with Crippen LogP contribution in [0.3, 0.4) is 0 Å². The van der Waals surface area contributed by atoms with Crippen molar-refractivity contribution in [2.24, 2.45) is 0 Å². The number of fused-ring (bicyclic) bond motifs is 1. The van der Waals surface area contributed by atoms with Gasteiger partial charge in [-0.05, 0) is 37.1 Å². The largest absolute Gasteiger partial charge is 0.460 e. The molecule has 1 aromatic heterocycles. The van der Waals surface area contributed by atoms with Gasteiger partial charge in [0.15, 0.2) is 0 Å². The van der Waals surface area contributed by atoms with Crippen molar-refractivity contribution < 1.29 is 19.1 Å². The SMILES string of the molecule is Nc1ccc2oc(C(=O)OCCCCO)cc2c1. The van der Waals surface area contributed by atoms with Crippen LogP contribution in [-0.2, 0) is 4.74 Å². The van der Waals surface area contributed by atoms with Crippen molar-refractivity contribution in [2.45, 2.75) is 12.8 Å². The summed E-state index contributed by atoms with van der Waals surface area (Å²) >= 11 is 0. The van der Waals surface area contributed by atoms with E-state index in [9.17, 15) is 4.79 Å². The van der Waals surface area contributed by atoms with Crippen molar-refractivity contribution >= 4 is 22.6 Å². The third-order valence-corrected chi connectivity index (χ3v) is 2.53. The van der Waals surface area contributed by atoms with Gasteiger partial charge in [-0.3, -0.25) is 0 Å². The summed E-state index contributed by atoms with van der Waals surface area (Å²) in [6, 6.07) is 6.77. The Morgan fingerprint density at radius 1 is 1.33 bits per heavy atom. The number of esters is 1. The van der Waals surface area contributed by atoms with E-state index < -0.39 is 5.97 Å². The molecule has 0 fully saturated rings. The van der Waals surface area contributed by atoms with Crippen molar-refractivity contribution in [1.82, 2.24) is 0 Å². The number of aliphatic hydroxyl groups is 1. The lowest BCUT2D eigenvalue weighted by atomic mass is 10.2. The minimum atomic E-state index is -0.497. The lowest BCUT2D eigenvalue weighted by Gasteiger charge is -2.00. The van der Waals surface area contributed by atoms with Crippen LogP contribution < -0.4 is 5.73 Å². The van der Waals surface area contributed by atoms with Crippen LogP contribution in [0.4, 0.5) is 5.69 Å². The maximum Gasteiger partial charge on any atom is 0.374 e. The average molecular weight is 249 g/mol. The van der Waals surface area contributed by atoms with Gasteiger partial charge in [0.05, 0.1) is 6.61 Å². The zero-order chi connectivity index (χ0) is 13.0. The number of aliphatic hydroxyl groups excluding tert-OH is 1. The van der Waals surface area contributed by atoms with Gasteiger partial charge in [0.2, 0.25) is 5.76 Å². The van der Waals surface area contributed by atoms with E-state index in [1.807, 2.05) is 0 Å². The standard InChI is InChI=1S/C13H15NO4/c14-10-3-4-11-9(7-10)8-12(18-11)13(16)17-6-2-1-5-15/h3-4,7-8,15H,1-2,5-6,14H2. The molecule has 18 heavy (non-hydrogen) atoms. The number of hydrogen-bond acceptors (Lipinski definition) is 5. The van der Waals surface area contributed by atoms with Crippen LogP contribution in [0.1, 0.15) is 23.4 Å². The fraction of sp³-hybridized carbons (Fsp3) is 0.308. The lowest BCUT2D eigenvalue weighted by molar-refractivity contribution is 0.0459. The molecule has 3 N–H and O–H groups in total. The molecule has 0 bridgehead atoms. The number of rotatable bonds is 5. The fourth-order valence-corrected chi connectivity index (χ4v) is 1.61. The Labute approximate surface area is 104 Å². The number of unbranched alkanes of at least 4 members (excludes halogenated alkanes) is 1. The van der Waals surface area contributed by atoms with Crippen molar-refractivity contribution in [3.05, 3.63) is 30.0 Å². The van der Waals surface area contributed by atoms with Crippen LogP contribution in [0.25, 0.3) is 11.0 Å². The minimum absolute atomic E-state index is 0.0987. The number of anilines is 1. The number of nitrogens with two attached hydrogens (primary N) is 1. The van der Waals surface area contributed by atoms with Crippen LogP contribution in [0.5, 0.6) is 0 Å². The monoisotopic (exact) mass is 249 g/mol. The van der Waals surface area contributed by atoms with E-state index in [-0.39, 0.29) is 19.0 Å². The molecule has 0 saturated carbocycles. The second-order valence-electron chi connectivity index (χ2n) is 3.97. The minimum Gasteiger partial charge on any atom is -0.460 e. The summed E-state index contributed by atoms with van der Waals surface area (Å²) in [7, 11) is 0. The fourth-order valence-electron chi connectivity index (χ4n) is 1.61. The Bertz CT molecular complexity index is 547. The first-order valence-corrected chi connectivity index (χ1v) is 5.78. The van der Waals surface area contributed by atoms with Gasteiger partial charge in [-0.2, -0.15) is 0 Å². The normalized spacial score (nSPS) is 10.7. The summed E-state index contributed by atoms with van der Waals surface area (Å²) in [5.41, 5.74) is 6.86. The van der Waals surface area contributed by atoms with Gasteiger partial charge in [-0.1, -0.05) is 0 Å². The van der Waals surface area contributed by atoms with Gasteiger partial charge in [0.25, 0.3) is 0 Å². The third kappa shape index (κ3) is 2.81. The Hall–Kier alpha value is -2.01. The van der Waals surface area contributed by atoms with E-state index in [2.05, 4.69) is 0 Å². The summed E-state index contributed by atoms with van der Waals surface area (Å²) in [5.74, 6) is -0.331. The van der Waals surface area contributed by atoms with Crippen molar-refractivity contribution in [1.29, 1.82) is 0 Å². The van der Waals surface area contributed by atoms with Gasteiger partial charge < -0.3 is 20.0 Å². The smallest absolute Gasteiger partial charge is 0.374 e. The predicted octanol–water partition coefficient (Wildman–Crippen LogP) is 1.94. The number of benzene rings is 1. The number of carbonyl (C=O) groups is 1. The van der Waals surface area contributed by atoms with E-state index in [0.717, 1.165) is 5.39 Å². The van der Waals surface area contributed by atoms with Crippen LogP contribution in [-0.4, -0.2) is 24.3 Å². The highest BCUT2D eigenvalue weighted by Gasteiger charge is 2.13. The predicted molar refractivity (Wildman–Crippen MR) is 67.2 cm³/mol. The molecule has 1 heterocycles. The molecule has 0 aliphatic carbocycles. The molecule has 0 spiro atoms. The van der Waals surface area contributed by atoms with E-state index in [0.29, 0.717) is 24.1 Å². The highest BCUT2D eigenvalue weighted by molar-refractivity contribution is 5.93. The molecule has 0 aliphatic rings. The van der Waals surface area contributed by atoms with Gasteiger partial charge in [-0.25, -0.2) is 4.79 Å². The van der Waals surface area contributed by atoms with Crippen molar-refractivity contribution in [2.75, 3.05) is 18.9 Å². The zero-order valence-corrected chi connectivity index (χ0v) is 9.89. The summed E-state index contributed by atoms with van der Waals surface area (Å²) in [6.07, 6.45) is 1.25. The molecule has 0 unspecified atom stereocenters. The van der Waals surface area contributed by atoms with Crippen molar-refractivity contribution in [3.8, 4) is 0 Å². The number of hydrogen-bond donors (Lipinski definition) is 2. The molecule has 2 aromatic rings. The van der Waals surface area contributed by atoms with Crippen LogP contribution >= 0.6 is 0 Å². The second kappa shape index (κ2) is 5.55. The average Bonchev–Trinajstić information content (AvgIpc) is 2.77. The topological polar surface area (TPSA) is 85.7 Å². The van der Waals surface area contributed by atoms with Gasteiger partial charge >= 0.3 is 5.97 Å². The number of nitrogen functional groups attached to an aromatic ring is 1. The van der Waals surface area contributed by atoms with Crippen LogP contribution in [0.15, 0.2) is 28.7 Å². The molecular weight excluding hydrogens is 234 g/mol. The van der Waals surface area contributed by atoms with Gasteiger partial charge in [-0.15, -0.1) is 0 Å². The lowest BCUT2D eigenvalue weighted by Crippen LogP contribution is -2.05. The van der Waals surface area contributed by atoms with Crippen LogP contribution in [0.2, 0.25) is 0 Å². The van der Waals surface area contributed by atoms with E-state index in [4.69, 9.17) is 20.0 Å². The highest BCUT2D eigenvalue weighted by atomic mass is 16.5. The molecule has 5 heteroatoms. The summed E-state index contributed by atoms with van der Waals surface area (Å²) in [5, 5.41) is 9.37. The molecule has 0 radical (unpaired) electrons. The number of carbonyl (C=O) groups excluding carboxylic acids is 1. The van der Waals surface area contributed by atoms with E-state index in [1.165, 1.54) is 0 Å². The van der Waals surface area contributed by atoms with Crippen LogP contribution in [0, 0.1) is 0 Å². The molecule has 0 aliphatic heterocycles. The Morgan fingerprint density at radius 2 is 2.17 bits per heavy atom. The molecule has 5 nitrogen and oxygen atoms in total. The van der Waals surface area contributed by atoms with E-state index in [1.54, 1.807) is 24.3 Å². The Morgan fingerprint density at radius 3 is 2.94 bits per heavy atom. The summed E-state index contributed by atoms with van der Waals surface area (Å²) < 4.78 is 10.4. The van der Waals surface area contributed by atoms with Gasteiger partial charge in [0.1, 0.15) is 5.58 Å². The number of ether oxygens (including phenoxy) is 1. The second-order valence-corrected chi connectivity index (χ2v) is 3.97. The van der Waals surface area contributed by atoms with E-state index >= 15 is 0 Å². The molecule has 96 valence electrons. The zero-order valence-electron chi connectivity index (χ0n) is 9.89. The first-order chi connectivity index (χ1) is 8.70. The quantitative estimate of drug-likeness (QED) is 0.480. The molecular formula is C13H15NO4. The summed E-state index contributed by atoms with van der Waals surface area (Å²) in [6.45, 7) is 0.375. The maximum absolute atomic E-state index is 11.7. The Balaban J connectivity index is 2.04. The first kappa shape index (κ1) is 12.4. The molecule has 0 amide bonds. The van der Waals surface area contributed by atoms with Crippen molar-refractivity contribution in [3.63, 3.8) is 0 Å². The summed E-state index contributed by atoms with van der Waals surface area (Å²) in [4.78, 5) is 11.7. The number of furan rings is 1. The molecule has 0 saturated heterocycles. The molecule has 2 rings (SSSR count). The highest BCUT2D eigenvalue weighted by Crippen LogP contribution is 2.22. The first-order valence-electron chi connectivity index (χ1n) is 5.78. The maximum atomic E-state index is 11.7. The Kier molecular flexibility index (Phi) is 3.84.